The molecular formula is C15H21N3O. The highest BCUT2D eigenvalue weighted by atomic mass is 16.5. The van der Waals surface area contributed by atoms with Gasteiger partial charge >= 0.3 is 0 Å². The Labute approximate surface area is 115 Å². The third-order valence-corrected chi connectivity index (χ3v) is 3.66. The largest absolute Gasteiger partial charge is 0.497 e. The number of ether oxygens (including phenoxy) is 1. The molecule has 0 aliphatic carbocycles. The van der Waals surface area contributed by atoms with E-state index in [9.17, 15) is 0 Å². The molecule has 2 atom stereocenters. The van der Waals surface area contributed by atoms with Crippen LogP contribution in [0.15, 0.2) is 24.3 Å². The van der Waals surface area contributed by atoms with Gasteiger partial charge in [-0.1, -0.05) is 12.1 Å². The molecule has 0 saturated carbocycles. The number of nitrogens with zero attached hydrogens (tertiary/aromatic N) is 2. The number of nitrogens with one attached hydrogen (secondary N) is 1. The Morgan fingerprint density at radius 2 is 2.16 bits per heavy atom. The number of rotatable bonds is 4. The predicted molar refractivity (Wildman–Crippen MR) is 74.9 cm³/mol. The molecule has 1 saturated heterocycles. The number of benzene rings is 1. The van der Waals surface area contributed by atoms with Gasteiger partial charge in [0, 0.05) is 31.7 Å². The van der Waals surface area contributed by atoms with Crippen molar-refractivity contribution >= 4 is 0 Å². The molecule has 1 aliphatic rings. The maximum Gasteiger partial charge on any atom is 0.118 e. The molecule has 2 rings (SSSR count). The number of hydrogen-bond acceptors (Lipinski definition) is 4. The van der Waals surface area contributed by atoms with Crippen LogP contribution in [0.2, 0.25) is 0 Å². The smallest absolute Gasteiger partial charge is 0.118 e. The van der Waals surface area contributed by atoms with Crippen LogP contribution in [0.4, 0.5) is 0 Å². The zero-order valence-electron chi connectivity index (χ0n) is 11.6. The molecule has 1 aromatic carbocycles. The lowest BCUT2D eigenvalue weighted by Gasteiger charge is -2.38. The van der Waals surface area contributed by atoms with Gasteiger partial charge in [0.05, 0.1) is 19.6 Å². The minimum absolute atomic E-state index is 0.291. The SMILES string of the molecule is COc1ccc(CN2C[C@@H](CC#N)NCC2C)cc1. The molecule has 0 aromatic heterocycles. The van der Waals surface area contributed by atoms with Gasteiger partial charge in [0.1, 0.15) is 5.75 Å². The van der Waals surface area contributed by atoms with E-state index in [1.165, 1.54) is 5.56 Å². The van der Waals surface area contributed by atoms with E-state index in [1.54, 1.807) is 7.11 Å². The van der Waals surface area contributed by atoms with E-state index in [0.717, 1.165) is 25.4 Å². The molecule has 1 fully saturated rings. The Hall–Kier alpha value is -1.57. The summed E-state index contributed by atoms with van der Waals surface area (Å²) in [6.45, 7) is 5.02. The summed E-state index contributed by atoms with van der Waals surface area (Å²) in [5, 5.41) is 12.2. The van der Waals surface area contributed by atoms with Crippen LogP contribution in [0.3, 0.4) is 0 Å². The molecule has 0 spiro atoms. The Morgan fingerprint density at radius 3 is 2.79 bits per heavy atom. The topological polar surface area (TPSA) is 48.3 Å². The normalized spacial score (nSPS) is 23.8. The lowest BCUT2D eigenvalue weighted by Crippen LogP contribution is -2.54. The quantitative estimate of drug-likeness (QED) is 0.895. The van der Waals surface area contributed by atoms with Crippen LogP contribution < -0.4 is 10.1 Å². The van der Waals surface area contributed by atoms with Crippen LogP contribution in [0.5, 0.6) is 5.75 Å². The number of piperazine rings is 1. The molecule has 4 heteroatoms. The second kappa shape index (κ2) is 6.55. The molecule has 1 aromatic rings. The third kappa shape index (κ3) is 3.69. The van der Waals surface area contributed by atoms with E-state index < -0.39 is 0 Å². The predicted octanol–water partition coefficient (Wildman–Crippen LogP) is 1.77. The lowest BCUT2D eigenvalue weighted by molar-refractivity contribution is 0.134. The first-order valence-electron chi connectivity index (χ1n) is 6.70. The molecule has 102 valence electrons. The van der Waals surface area contributed by atoms with Crippen molar-refractivity contribution in [2.24, 2.45) is 0 Å². The second-order valence-electron chi connectivity index (χ2n) is 5.09. The maximum atomic E-state index is 8.80. The third-order valence-electron chi connectivity index (χ3n) is 3.66. The Morgan fingerprint density at radius 1 is 1.42 bits per heavy atom. The van der Waals surface area contributed by atoms with Gasteiger partial charge in [0.15, 0.2) is 0 Å². The van der Waals surface area contributed by atoms with E-state index in [-0.39, 0.29) is 0 Å². The second-order valence-corrected chi connectivity index (χ2v) is 5.09. The molecule has 19 heavy (non-hydrogen) atoms. The fourth-order valence-corrected chi connectivity index (χ4v) is 2.43. The summed E-state index contributed by atoms with van der Waals surface area (Å²) in [4.78, 5) is 2.43. The fourth-order valence-electron chi connectivity index (χ4n) is 2.43. The highest BCUT2D eigenvalue weighted by molar-refractivity contribution is 5.27. The summed E-state index contributed by atoms with van der Waals surface area (Å²) in [5.74, 6) is 0.888. The summed E-state index contributed by atoms with van der Waals surface area (Å²) in [7, 11) is 1.68. The van der Waals surface area contributed by atoms with E-state index in [4.69, 9.17) is 10.00 Å². The standard InChI is InChI=1S/C15H21N3O/c1-12-9-17-14(7-8-16)11-18(12)10-13-3-5-15(19-2)6-4-13/h3-6,12,14,17H,7,9-11H2,1-2H3/t12?,14-/m1/s1. The van der Waals surface area contributed by atoms with Crippen molar-refractivity contribution < 1.29 is 4.74 Å². The summed E-state index contributed by atoms with van der Waals surface area (Å²) >= 11 is 0. The van der Waals surface area contributed by atoms with Crippen molar-refractivity contribution in [1.82, 2.24) is 10.2 Å². The van der Waals surface area contributed by atoms with Crippen molar-refractivity contribution in [2.45, 2.75) is 32.0 Å². The van der Waals surface area contributed by atoms with Gasteiger partial charge in [-0.25, -0.2) is 0 Å². The van der Waals surface area contributed by atoms with Gasteiger partial charge in [0.2, 0.25) is 0 Å². The van der Waals surface area contributed by atoms with Crippen LogP contribution in [-0.2, 0) is 6.54 Å². The first-order chi connectivity index (χ1) is 9.22. The molecule has 1 aliphatic heterocycles. The summed E-state index contributed by atoms with van der Waals surface area (Å²) in [6.07, 6.45) is 0.575. The van der Waals surface area contributed by atoms with Crippen LogP contribution in [0, 0.1) is 11.3 Å². The molecule has 0 bridgehead atoms. The van der Waals surface area contributed by atoms with E-state index in [0.29, 0.717) is 18.5 Å². The van der Waals surface area contributed by atoms with Crippen molar-refractivity contribution in [3.8, 4) is 11.8 Å². The van der Waals surface area contributed by atoms with E-state index >= 15 is 0 Å². The lowest BCUT2D eigenvalue weighted by atomic mass is 10.1. The monoisotopic (exact) mass is 259 g/mol. The zero-order chi connectivity index (χ0) is 13.7. The van der Waals surface area contributed by atoms with Gasteiger partial charge in [0.25, 0.3) is 0 Å². The molecule has 1 heterocycles. The van der Waals surface area contributed by atoms with Gasteiger partial charge in [-0.3, -0.25) is 4.90 Å². The van der Waals surface area contributed by atoms with E-state index in [2.05, 4.69) is 35.3 Å². The Bertz CT molecular complexity index is 438. The van der Waals surface area contributed by atoms with Crippen LogP contribution in [0.25, 0.3) is 0 Å². The summed E-state index contributed by atoms with van der Waals surface area (Å²) in [5.41, 5.74) is 1.28. The van der Waals surface area contributed by atoms with Gasteiger partial charge in [-0.15, -0.1) is 0 Å². The van der Waals surface area contributed by atoms with Gasteiger partial charge < -0.3 is 10.1 Å². The average Bonchev–Trinajstić information content (AvgIpc) is 2.44. The average molecular weight is 259 g/mol. The minimum Gasteiger partial charge on any atom is -0.497 e. The first-order valence-corrected chi connectivity index (χ1v) is 6.70. The Balaban J connectivity index is 1.97. The molecule has 1 unspecified atom stereocenters. The highest BCUT2D eigenvalue weighted by Crippen LogP contribution is 2.16. The van der Waals surface area contributed by atoms with Crippen LogP contribution in [-0.4, -0.2) is 37.2 Å². The molecule has 1 N–H and O–H groups in total. The first kappa shape index (κ1) is 13.9. The highest BCUT2D eigenvalue weighted by Gasteiger charge is 2.24. The molecule has 0 radical (unpaired) electrons. The van der Waals surface area contributed by atoms with Crippen molar-refractivity contribution in [3.63, 3.8) is 0 Å². The van der Waals surface area contributed by atoms with Gasteiger partial charge in [-0.05, 0) is 24.6 Å². The number of methoxy groups -OCH3 is 1. The fraction of sp³-hybridized carbons (Fsp3) is 0.533. The number of nitriles is 1. The van der Waals surface area contributed by atoms with Crippen LogP contribution in [0.1, 0.15) is 18.9 Å². The van der Waals surface area contributed by atoms with Crippen molar-refractivity contribution in [1.29, 1.82) is 5.26 Å². The maximum absolute atomic E-state index is 8.80. The zero-order valence-corrected chi connectivity index (χ0v) is 11.6. The Kier molecular flexibility index (Phi) is 4.78. The van der Waals surface area contributed by atoms with Crippen LogP contribution >= 0.6 is 0 Å². The number of hydrogen-bond donors (Lipinski definition) is 1. The van der Waals surface area contributed by atoms with Crippen molar-refractivity contribution in [3.05, 3.63) is 29.8 Å². The van der Waals surface area contributed by atoms with E-state index in [1.807, 2.05) is 12.1 Å². The van der Waals surface area contributed by atoms with Crippen molar-refractivity contribution in [2.75, 3.05) is 20.2 Å². The summed E-state index contributed by atoms with van der Waals surface area (Å²) < 4.78 is 5.17. The van der Waals surface area contributed by atoms with Gasteiger partial charge in [-0.2, -0.15) is 5.26 Å². The molecular weight excluding hydrogens is 238 g/mol. The molecule has 4 nitrogen and oxygen atoms in total. The summed E-state index contributed by atoms with van der Waals surface area (Å²) in [6, 6.07) is 11.2. The minimum atomic E-state index is 0.291. The molecule has 0 amide bonds.